The number of alkyl carbamates (subject to hydrolysis) is 1. The zero-order valence-corrected chi connectivity index (χ0v) is 10.4. The van der Waals surface area contributed by atoms with Gasteiger partial charge in [-0.1, -0.05) is 30.3 Å². The molecular weight excluding hydrogens is 258 g/mol. The van der Waals surface area contributed by atoms with Crippen molar-refractivity contribution in [3.8, 4) is 0 Å². The van der Waals surface area contributed by atoms with E-state index in [2.05, 4.69) is 10.1 Å². The van der Waals surface area contributed by atoms with E-state index >= 15 is 0 Å². The number of ether oxygens (including phenoxy) is 2. The molecule has 0 bridgehead atoms. The van der Waals surface area contributed by atoms with Crippen LogP contribution in [0.1, 0.15) is 5.56 Å². The van der Waals surface area contributed by atoms with Gasteiger partial charge < -0.3 is 14.8 Å². The fourth-order valence-electron chi connectivity index (χ4n) is 1.19. The van der Waals surface area contributed by atoms with E-state index < -0.39 is 12.2 Å². The van der Waals surface area contributed by atoms with Crippen molar-refractivity contribution < 1.29 is 19.1 Å². The van der Waals surface area contributed by atoms with Crippen molar-refractivity contribution in [3.63, 3.8) is 0 Å². The van der Waals surface area contributed by atoms with Crippen LogP contribution in [0.3, 0.4) is 0 Å². The number of carbonyl (C=O) groups is 2. The van der Waals surface area contributed by atoms with E-state index in [-0.39, 0.29) is 19.0 Å². The summed E-state index contributed by atoms with van der Waals surface area (Å²) < 4.78 is 9.59. The monoisotopic (exact) mass is 271 g/mol. The average Bonchev–Trinajstić information content (AvgIpc) is 2.42. The van der Waals surface area contributed by atoms with Gasteiger partial charge in [0, 0.05) is 0 Å². The maximum Gasteiger partial charge on any atom is 0.407 e. The first-order valence-electron chi connectivity index (χ1n) is 5.36. The third kappa shape index (κ3) is 5.54. The Labute approximate surface area is 110 Å². The normalized spacial score (nSPS) is 11.4. The number of amides is 1. The van der Waals surface area contributed by atoms with Crippen molar-refractivity contribution in [2.45, 2.75) is 12.7 Å². The summed E-state index contributed by atoms with van der Waals surface area (Å²) in [4.78, 5) is 21.4. The van der Waals surface area contributed by atoms with E-state index in [1.54, 1.807) is 0 Å². The number of hydrogen-bond acceptors (Lipinski definition) is 4. The maximum absolute atomic E-state index is 11.3. The first kappa shape index (κ1) is 14.3. The van der Waals surface area contributed by atoms with Crippen LogP contribution in [0.2, 0.25) is 0 Å². The first-order valence-corrected chi connectivity index (χ1v) is 5.89. The lowest BCUT2D eigenvalue weighted by atomic mass is 10.2. The van der Waals surface area contributed by atoms with E-state index in [1.165, 1.54) is 0 Å². The summed E-state index contributed by atoms with van der Waals surface area (Å²) in [5.41, 5.74) is 0.894. The third-order valence-corrected chi connectivity index (χ3v) is 2.45. The van der Waals surface area contributed by atoms with Crippen LogP contribution in [0.15, 0.2) is 30.3 Å². The molecule has 0 saturated carbocycles. The van der Waals surface area contributed by atoms with Gasteiger partial charge in [-0.3, -0.25) is 4.79 Å². The number of carbonyl (C=O) groups excluding carboxylic acids is 2. The fraction of sp³-hybridized carbons (Fsp3) is 0.333. The molecule has 1 atom stereocenters. The van der Waals surface area contributed by atoms with Crippen molar-refractivity contribution in [2.24, 2.45) is 0 Å². The molecule has 0 radical (unpaired) electrons. The van der Waals surface area contributed by atoms with Gasteiger partial charge >= 0.3 is 6.09 Å². The summed E-state index contributed by atoms with van der Waals surface area (Å²) >= 11 is 5.53. The molecule has 98 valence electrons. The lowest BCUT2D eigenvalue weighted by molar-refractivity contribution is -0.132. The highest BCUT2D eigenvalue weighted by Crippen LogP contribution is 2.00. The number of hydrogen-bond donors (Lipinski definition) is 1. The largest absolute Gasteiger partial charge is 0.461 e. The Balaban J connectivity index is 2.23. The minimum atomic E-state index is -0.580. The second-order valence-corrected chi connectivity index (χ2v) is 3.76. The van der Waals surface area contributed by atoms with E-state index in [9.17, 15) is 9.59 Å². The topological polar surface area (TPSA) is 64.6 Å². The quantitative estimate of drug-likeness (QED) is 0.605. The van der Waals surface area contributed by atoms with Gasteiger partial charge in [0.1, 0.15) is 12.7 Å². The Kier molecular flexibility index (Phi) is 6.64. The number of alkyl halides is 1. The minimum Gasteiger partial charge on any atom is -0.461 e. The highest BCUT2D eigenvalue weighted by atomic mass is 35.5. The molecule has 0 saturated heterocycles. The smallest absolute Gasteiger partial charge is 0.407 e. The Hall–Kier alpha value is -1.75. The molecule has 18 heavy (non-hydrogen) atoms. The second-order valence-electron chi connectivity index (χ2n) is 3.45. The maximum atomic E-state index is 11.3. The molecule has 1 aromatic carbocycles. The summed E-state index contributed by atoms with van der Waals surface area (Å²) in [6.45, 7) is 0.604. The molecule has 1 amide bonds. The highest BCUT2D eigenvalue weighted by molar-refractivity contribution is 6.18. The van der Waals surface area contributed by atoms with Crippen molar-refractivity contribution in [1.29, 1.82) is 0 Å². The molecule has 0 aliphatic rings. The first-order chi connectivity index (χ1) is 8.76. The van der Waals surface area contributed by atoms with Crippen LogP contribution in [-0.2, 0) is 20.9 Å². The second kappa shape index (κ2) is 8.36. The van der Waals surface area contributed by atoms with Crippen LogP contribution in [0.5, 0.6) is 0 Å². The van der Waals surface area contributed by atoms with Crippen molar-refractivity contribution in [3.05, 3.63) is 35.9 Å². The molecule has 1 rings (SSSR count). The van der Waals surface area contributed by atoms with Crippen LogP contribution in [0.4, 0.5) is 4.79 Å². The summed E-state index contributed by atoms with van der Waals surface area (Å²) in [6, 6.07) is 9.30. The van der Waals surface area contributed by atoms with Crippen LogP contribution in [-0.4, -0.2) is 31.1 Å². The highest BCUT2D eigenvalue weighted by Gasteiger charge is 2.10. The zero-order chi connectivity index (χ0) is 13.2. The molecule has 0 aliphatic heterocycles. The number of benzene rings is 1. The molecule has 1 aromatic rings. The standard InChI is InChI=1S/C12H14ClNO4/c13-6-11(18-9-15)7-14-12(16)17-8-10-4-2-1-3-5-10/h1-5,9,11H,6-8H2,(H,14,16). The predicted molar refractivity (Wildman–Crippen MR) is 66.3 cm³/mol. The SMILES string of the molecule is O=COC(CCl)CNC(=O)OCc1ccccc1. The van der Waals surface area contributed by atoms with Gasteiger partial charge in [-0.2, -0.15) is 0 Å². The Morgan fingerprint density at radius 1 is 1.39 bits per heavy atom. The summed E-state index contributed by atoms with van der Waals surface area (Å²) in [5.74, 6) is 0.109. The third-order valence-electron chi connectivity index (χ3n) is 2.11. The lowest BCUT2D eigenvalue weighted by Gasteiger charge is -2.12. The minimum absolute atomic E-state index is 0.109. The molecule has 0 spiro atoms. The van der Waals surface area contributed by atoms with Gasteiger partial charge in [-0.15, -0.1) is 11.6 Å². The molecule has 0 aliphatic carbocycles. The van der Waals surface area contributed by atoms with Gasteiger partial charge in [0.25, 0.3) is 6.47 Å². The molecule has 5 nitrogen and oxygen atoms in total. The summed E-state index contributed by atoms with van der Waals surface area (Å²) in [6.07, 6.45) is -1.13. The Morgan fingerprint density at radius 2 is 2.11 bits per heavy atom. The predicted octanol–water partition coefficient (Wildman–Crippen LogP) is 1.69. The number of rotatable bonds is 7. The Bertz CT molecular complexity index is 372. The molecule has 0 fully saturated rings. The van der Waals surface area contributed by atoms with Gasteiger partial charge in [0.05, 0.1) is 12.4 Å². The van der Waals surface area contributed by atoms with Crippen LogP contribution in [0.25, 0.3) is 0 Å². The van der Waals surface area contributed by atoms with Gasteiger partial charge in [0.2, 0.25) is 0 Å². The summed E-state index contributed by atoms with van der Waals surface area (Å²) in [7, 11) is 0. The Morgan fingerprint density at radius 3 is 2.72 bits per heavy atom. The zero-order valence-electron chi connectivity index (χ0n) is 9.67. The van der Waals surface area contributed by atoms with Gasteiger partial charge in [0.15, 0.2) is 0 Å². The van der Waals surface area contributed by atoms with E-state index in [0.717, 1.165) is 5.56 Å². The van der Waals surface area contributed by atoms with Crippen molar-refractivity contribution in [2.75, 3.05) is 12.4 Å². The molecule has 1 N–H and O–H groups in total. The van der Waals surface area contributed by atoms with E-state index in [4.69, 9.17) is 16.3 Å². The van der Waals surface area contributed by atoms with Crippen molar-refractivity contribution in [1.82, 2.24) is 5.32 Å². The summed E-state index contributed by atoms with van der Waals surface area (Å²) in [5, 5.41) is 2.46. The van der Waals surface area contributed by atoms with Crippen molar-refractivity contribution >= 4 is 24.2 Å². The lowest BCUT2D eigenvalue weighted by Crippen LogP contribution is -2.34. The van der Waals surface area contributed by atoms with Gasteiger partial charge in [-0.25, -0.2) is 4.79 Å². The molecule has 6 heteroatoms. The average molecular weight is 272 g/mol. The number of nitrogens with one attached hydrogen (secondary N) is 1. The molecule has 0 heterocycles. The number of halogens is 1. The fourth-order valence-corrected chi connectivity index (χ4v) is 1.37. The molecule has 1 unspecified atom stereocenters. The van der Waals surface area contributed by atoms with E-state index in [1.807, 2.05) is 30.3 Å². The van der Waals surface area contributed by atoms with Crippen LogP contribution in [0, 0.1) is 0 Å². The van der Waals surface area contributed by atoms with Gasteiger partial charge in [-0.05, 0) is 5.56 Å². The van der Waals surface area contributed by atoms with E-state index in [0.29, 0.717) is 6.47 Å². The molecule has 0 aromatic heterocycles. The molecular formula is C12H14ClNO4. The van der Waals surface area contributed by atoms with Crippen LogP contribution >= 0.6 is 11.6 Å². The van der Waals surface area contributed by atoms with Crippen LogP contribution < -0.4 is 5.32 Å².